The maximum atomic E-state index is 13.0. The van der Waals surface area contributed by atoms with Crippen LogP contribution < -0.4 is 5.56 Å². The van der Waals surface area contributed by atoms with Crippen molar-refractivity contribution in [2.75, 3.05) is 0 Å². The highest BCUT2D eigenvalue weighted by atomic mass is 16.6. The van der Waals surface area contributed by atoms with Crippen LogP contribution in [-0.4, -0.2) is 20.6 Å². The zero-order valence-electron chi connectivity index (χ0n) is 13.8. The Bertz CT molecular complexity index is 1040. The van der Waals surface area contributed by atoms with Gasteiger partial charge in [-0.2, -0.15) is 0 Å². The van der Waals surface area contributed by atoms with Gasteiger partial charge in [0.1, 0.15) is 0 Å². The Labute approximate surface area is 148 Å². The van der Waals surface area contributed by atoms with Crippen molar-refractivity contribution in [3.63, 3.8) is 0 Å². The Morgan fingerprint density at radius 3 is 2.46 bits per heavy atom. The summed E-state index contributed by atoms with van der Waals surface area (Å²) in [7, 11) is 0. The van der Waals surface area contributed by atoms with Gasteiger partial charge in [-0.3, -0.25) is 19.7 Å². The minimum absolute atomic E-state index is 0.0253. The van der Waals surface area contributed by atoms with Crippen molar-refractivity contribution in [1.82, 2.24) is 4.57 Å². The second-order valence-electron chi connectivity index (χ2n) is 5.87. The van der Waals surface area contributed by atoms with E-state index in [1.54, 1.807) is 22.8 Å². The molecule has 0 atom stereocenters. The van der Waals surface area contributed by atoms with E-state index < -0.39 is 10.9 Å². The van der Waals surface area contributed by atoms with E-state index in [0.29, 0.717) is 17.5 Å². The van der Waals surface area contributed by atoms with Crippen LogP contribution in [-0.2, 0) is 11.3 Å². The van der Waals surface area contributed by atoms with Gasteiger partial charge < -0.3 is 9.67 Å². The lowest BCUT2D eigenvalue weighted by Gasteiger charge is -2.13. The van der Waals surface area contributed by atoms with Gasteiger partial charge in [-0.1, -0.05) is 18.2 Å². The summed E-state index contributed by atoms with van der Waals surface area (Å²) in [5, 5.41) is 20.5. The maximum Gasteiger partial charge on any atom is 0.303 e. The van der Waals surface area contributed by atoms with Crippen LogP contribution in [0.25, 0.3) is 22.0 Å². The van der Waals surface area contributed by atoms with Crippen LogP contribution >= 0.6 is 0 Å². The first-order chi connectivity index (χ1) is 12.5. The van der Waals surface area contributed by atoms with Crippen molar-refractivity contribution in [3.05, 3.63) is 75.1 Å². The number of nitrogens with zero attached hydrogens (tertiary/aromatic N) is 2. The van der Waals surface area contributed by atoms with Gasteiger partial charge in [-0.15, -0.1) is 0 Å². The van der Waals surface area contributed by atoms with Crippen LogP contribution in [0.3, 0.4) is 0 Å². The molecule has 3 aromatic rings. The van der Waals surface area contributed by atoms with Crippen LogP contribution in [0, 0.1) is 10.1 Å². The van der Waals surface area contributed by atoms with Crippen molar-refractivity contribution >= 4 is 22.6 Å². The van der Waals surface area contributed by atoms with Crippen LogP contribution in [0.4, 0.5) is 5.69 Å². The third-order valence-corrected chi connectivity index (χ3v) is 4.16. The van der Waals surface area contributed by atoms with Crippen molar-refractivity contribution in [2.24, 2.45) is 0 Å². The molecule has 0 aliphatic heterocycles. The summed E-state index contributed by atoms with van der Waals surface area (Å²) in [6, 6.07) is 14.9. The Balaban J connectivity index is 2.11. The number of fused-ring (bicyclic) bond motifs is 1. The van der Waals surface area contributed by atoms with Crippen molar-refractivity contribution < 1.29 is 14.8 Å². The van der Waals surface area contributed by atoms with Crippen LogP contribution in [0.1, 0.15) is 12.8 Å². The number of nitro groups is 1. The molecule has 1 aromatic heterocycles. The molecule has 7 heteroatoms. The number of aryl methyl sites for hydroxylation is 1. The Morgan fingerprint density at radius 2 is 1.81 bits per heavy atom. The van der Waals surface area contributed by atoms with Crippen molar-refractivity contribution in [2.45, 2.75) is 19.4 Å². The quantitative estimate of drug-likeness (QED) is 0.541. The number of hydrogen-bond acceptors (Lipinski definition) is 4. The highest BCUT2D eigenvalue weighted by molar-refractivity contribution is 5.84. The predicted molar refractivity (Wildman–Crippen MR) is 97.2 cm³/mol. The van der Waals surface area contributed by atoms with Crippen LogP contribution in [0.2, 0.25) is 0 Å². The van der Waals surface area contributed by atoms with E-state index in [1.807, 2.05) is 24.3 Å². The number of hydrogen-bond donors (Lipinski definition) is 1. The van der Waals surface area contributed by atoms with E-state index >= 15 is 0 Å². The Kier molecular flexibility index (Phi) is 4.79. The number of aliphatic carboxylic acids is 1. The fraction of sp³-hybridized carbons (Fsp3) is 0.158. The maximum absolute atomic E-state index is 13.0. The van der Waals surface area contributed by atoms with Crippen LogP contribution in [0.5, 0.6) is 0 Å². The lowest BCUT2D eigenvalue weighted by atomic mass is 10.0. The Morgan fingerprint density at radius 1 is 1.12 bits per heavy atom. The first-order valence-corrected chi connectivity index (χ1v) is 8.06. The van der Waals surface area contributed by atoms with Gasteiger partial charge in [0.15, 0.2) is 0 Å². The number of carbonyl (C=O) groups is 1. The number of non-ortho nitro benzene ring substituents is 1. The molecule has 0 saturated carbocycles. The molecule has 3 rings (SSSR count). The summed E-state index contributed by atoms with van der Waals surface area (Å²) in [6.07, 6.45) is 0.311. The van der Waals surface area contributed by atoms with E-state index in [1.165, 1.54) is 12.1 Å². The first kappa shape index (κ1) is 17.3. The minimum atomic E-state index is -0.908. The summed E-state index contributed by atoms with van der Waals surface area (Å²) < 4.78 is 1.56. The highest BCUT2D eigenvalue weighted by Crippen LogP contribution is 2.23. The fourth-order valence-corrected chi connectivity index (χ4v) is 2.91. The third-order valence-electron chi connectivity index (χ3n) is 4.16. The van der Waals surface area contributed by atoms with Crippen molar-refractivity contribution in [1.29, 1.82) is 0 Å². The zero-order chi connectivity index (χ0) is 18.7. The summed E-state index contributed by atoms with van der Waals surface area (Å²) in [5.41, 5.74) is 1.44. The number of carboxylic acid groups (broad SMARTS) is 1. The fourth-order valence-electron chi connectivity index (χ4n) is 2.91. The summed E-state index contributed by atoms with van der Waals surface area (Å²) in [6.45, 7) is 0.284. The molecule has 26 heavy (non-hydrogen) atoms. The predicted octanol–water partition coefficient (Wildman–Crippen LogP) is 3.44. The molecule has 0 fully saturated rings. The molecule has 0 spiro atoms. The number of benzene rings is 2. The number of rotatable bonds is 6. The summed E-state index contributed by atoms with van der Waals surface area (Å²) in [4.78, 5) is 34.0. The summed E-state index contributed by atoms with van der Waals surface area (Å²) in [5.74, 6) is -0.908. The van der Waals surface area contributed by atoms with Gasteiger partial charge in [0.2, 0.25) is 0 Å². The third kappa shape index (κ3) is 3.46. The standard InChI is InChI=1S/C19H16N2O5/c22-18(23)6-3-11-20-17-5-2-1-4-14(17)12-16(19(20)24)13-7-9-15(10-8-13)21(25)26/h1-2,4-5,7-10,12H,3,6,11H2,(H,22,23). The molecule has 0 aliphatic carbocycles. The lowest BCUT2D eigenvalue weighted by molar-refractivity contribution is -0.384. The van der Waals surface area contributed by atoms with E-state index in [9.17, 15) is 19.7 Å². The van der Waals surface area contributed by atoms with Gasteiger partial charge in [0, 0.05) is 30.7 Å². The topological polar surface area (TPSA) is 102 Å². The molecule has 0 amide bonds. The van der Waals surface area contributed by atoms with E-state index in [4.69, 9.17) is 5.11 Å². The van der Waals surface area contributed by atoms with E-state index in [2.05, 4.69) is 0 Å². The van der Waals surface area contributed by atoms with Crippen LogP contribution in [0.15, 0.2) is 59.4 Å². The minimum Gasteiger partial charge on any atom is -0.481 e. The Hall–Kier alpha value is -3.48. The molecule has 0 radical (unpaired) electrons. The molecule has 7 nitrogen and oxygen atoms in total. The number of para-hydroxylation sites is 1. The average Bonchev–Trinajstić information content (AvgIpc) is 2.63. The molecular formula is C19H16N2O5. The number of nitro benzene ring substituents is 1. The molecule has 1 heterocycles. The van der Waals surface area contributed by atoms with E-state index in [0.717, 1.165) is 10.9 Å². The molecular weight excluding hydrogens is 336 g/mol. The average molecular weight is 352 g/mol. The van der Waals surface area contributed by atoms with Gasteiger partial charge in [0.25, 0.3) is 11.2 Å². The normalized spacial score (nSPS) is 10.8. The smallest absolute Gasteiger partial charge is 0.303 e. The number of pyridine rings is 1. The lowest BCUT2D eigenvalue weighted by Crippen LogP contribution is -2.22. The molecule has 0 saturated heterocycles. The van der Waals surface area contributed by atoms with Gasteiger partial charge >= 0.3 is 5.97 Å². The highest BCUT2D eigenvalue weighted by Gasteiger charge is 2.13. The molecule has 1 N–H and O–H groups in total. The second kappa shape index (κ2) is 7.18. The first-order valence-electron chi connectivity index (χ1n) is 8.06. The number of aromatic nitrogens is 1. The largest absolute Gasteiger partial charge is 0.481 e. The number of carboxylic acids is 1. The van der Waals surface area contributed by atoms with Crippen molar-refractivity contribution in [3.8, 4) is 11.1 Å². The molecule has 132 valence electrons. The second-order valence-corrected chi connectivity index (χ2v) is 5.87. The van der Waals surface area contributed by atoms with Gasteiger partial charge in [-0.25, -0.2) is 0 Å². The monoisotopic (exact) mass is 352 g/mol. The zero-order valence-corrected chi connectivity index (χ0v) is 13.8. The SMILES string of the molecule is O=C(O)CCCn1c(=O)c(-c2ccc([N+](=O)[O-])cc2)cc2ccccc21. The molecule has 2 aromatic carbocycles. The molecule has 0 bridgehead atoms. The summed E-state index contributed by atoms with van der Waals surface area (Å²) >= 11 is 0. The van der Waals surface area contributed by atoms with E-state index in [-0.39, 0.29) is 24.2 Å². The van der Waals surface area contributed by atoms with Gasteiger partial charge in [0.05, 0.1) is 10.4 Å². The van der Waals surface area contributed by atoms with Gasteiger partial charge in [-0.05, 0) is 41.6 Å². The molecule has 0 unspecified atom stereocenters. The molecule has 0 aliphatic rings.